The summed E-state index contributed by atoms with van der Waals surface area (Å²) in [5.41, 5.74) is 1.91. The molecule has 0 saturated carbocycles. The number of carbonyl (C=O) groups is 2. The van der Waals surface area contributed by atoms with Crippen LogP contribution < -0.4 is 0 Å². The first-order chi connectivity index (χ1) is 15.5. The number of ether oxygens (including phenoxy) is 1. The molecule has 1 aliphatic rings. The van der Waals surface area contributed by atoms with Crippen molar-refractivity contribution >= 4 is 11.9 Å². The Bertz CT molecular complexity index is 965. The number of aromatic carboxylic acids is 1. The molecule has 1 fully saturated rings. The van der Waals surface area contributed by atoms with Gasteiger partial charge in [-0.15, -0.1) is 0 Å². The van der Waals surface area contributed by atoms with E-state index in [0.717, 1.165) is 30.6 Å². The van der Waals surface area contributed by atoms with Crippen molar-refractivity contribution in [3.63, 3.8) is 0 Å². The highest BCUT2D eigenvalue weighted by atomic mass is 16.6. The molecule has 0 amide bonds. The molecule has 178 valence electrons. The van der Waals surface area contributed by atoms with Gasteiger partial charge in [0.2, 0.25) is 0 Å². The first-order valence-corrected chi connectivity index (χ1v) is 11.8. The van der Waals surface area contributed by atoms with Crippen molar-refractivity contribution in [2.24, 2.45) is 11.8 Å². The number of carbonyl (C=O) groups excluding carboxylic acids is 1. The molecule has 5 heteroatoms. The van der Waals surface area contributed by atoms with Crippen LogP contribution in [0.25, 0.3) is 0 Å². The molecule has 0 spiro atoms. The van der Waals surface area contributed by atoms with Crippen LogP contribution in [0.4, 0.5) is 0 Å². The predicted octanol–water partition coefficient (Wildman–Crippen LogP) is 5.18. The molecule has 1 aliphatic heterocycles. The van der Waals surface area contributed by atoms with Gasteiger partial charge in [-0.3, -0.25) is 4.79 Å². The minimum atomic E-state index is -0.897. The average Bonchev–Trinajstić information content (AvgIpc) is 2.75. The van der Waals surface area contributed by atoms with E-state index < -0.39 is 11.6 Å². The fraction of sp³-hybridized carbons (Fsp3) is 0.500. The van der Waals surface area contributed by atoms with Crippen molar-refractivity contribution in [2.75, 3.05) is 19.6 Å². The van der Waals surface area contributed by atoms with Crippen molar-refractivity contribution in [2.45, 2.75) is 58.5 Å². The summed E-state index contributed by atoms with van der Waals surface area (Å²) in [5.74, 6) is -0.974. The maximum Gasteiger partial charge on any atom is 0.335 e. The largest absolute Gasteiger partial charge is 0.478 e. The van der Waals surface area contributed by atoms with Crippen LogP contribution in [0.2, 0.25) is 0 Å². The second kappa shape index (κ2) is 10.1. The maximum absolute atomic E-state index is 13.1. The van der Waals surface area contributed by atoms with Crippen LogP contribution in [0.5, 0.6) is 0 Å². The SMILES string of the molecule is C[C@H]1CN(CC(Cc2ccccc2)C(=O)OC(C)(C)C)CC[C@@]1(C)c1cccc(C(=O)O)c1. The van der Waals surface area contributed by atoms with Gasteiger partial charge in [0.1, 0.15) is 5.60 Å². The lowest BCUT2D eigenvalue weighted by Gasteiger charge is -2.46. The van der Waals surface area contributed by atoms with Crippen molar-refractivity contribution < 1.29 is 19.4 Å². The highest BCUT2D eigenvalue weighted by Gasteiger charge is 2.39. The number of rotatable bonds is 7. The number of piperidine rings is 1. The summed E-state index contributed by atoms with van der Waals surface area (Å²) in [5, 5.41) is 9.40. The minimum Gasteiger partial charge on any atom is -0.478 e. The molecule has 33 heavy (non-hydrogen) atoms. The number of likely N-dealkylation sites (tertiary alicyclic amines) is 1. The monoisotopic (exact) mass is 451 g/mol. The summed E-state index contributed by atoms with van der Waals surface area (Å²) in [6.45, 7) is 12.5. The van der Waals surface area contributed by atoms with Gasteiger partial charge >= 0.3 is 11.9 Å². The van der Waals surface area contributed by atoms with Crippen LogP contribution in [0.3, 0.4) is 0 Å². The van der Waals surface area contributed by atoms with Gasteiger partial charge in [-0.05, 0) is 74.8 Å². The fourth-order valence-electron chi connectivity index (χ4n) is 4.74. The summed E-state index contributed by atoms with van der Waals surface area (Å²) < 4.78 is 5.77. The van der Waals surface area contributed by atoms with E-state index in [2.05, 4.69) is 30.9 Å². The number of carboxylic acids is 1. The second-order valence-corrected chi connectivity index (χ2v) is 10.6. The highest BCUT2D eigenvalue weighted by Crippen LogP contribution is 2.40. The topological polar surface area (TPSA) is 66.8 Å². The lowest BCUT2D eigenvalue weighted by Crippen LogP contribution is -2.49. The number of carboxylic acid groups (broad SMARTS) is 1. The summed E-state index contributed by atoms with van der Waals surface area (Å²) in [6, 6.07) is 17.4. The van der Waals surface area contributed by atoms with E-state index in [1.54, 1.807) is 6.07 Å². The molecule has 1 unspecified atom stereocenters. The van der Waals surface area contributed by atoms with E-state index in [1.807, 2.05) is 57.2 Å². The lowest BCUT2D eigenvalue weighted by atomic mass is 9.67. The van der Waals surface area contributed by atoms with Gasteiger partial charge in [-0.25, -0.2) is 4.79 Å². The second-order valence-electron chi connectivity index (χ2n) is 10.6. The zero-order chi connectivity index (χ0) is 24.2. The summed E-state index contributed by atoms with van der Waals surface area (Å²) in [7, 11) is 0. The van der Waals surface area contributed by atoms with Gasteiger partial charge in [-0.1, -0.05) is 56.3 Å². The quantitative estimate of drug-likeness (QED) is 0.587. The molecule has 1 N–H and O–H groups in total. The van der Waals surface area contributed by atoms with E-state index in [9.17, 15) is 14.7 Å². The van der Waals surface area contributed by atoms with Gasteiger partial charge in [0.15, 0.2) is 0 Å². The Morgan fingerprint density at radius 3 is 2.45 bits per heavy atom. The molecule has 0 aliphatic carbocycles. The van der Waals surface area contributed by atoms with Crippen LogP contribution in [0.1, 0.15) is 62.5 Å². The Hall–Kier alpha value is -2.66. The van der Waals surface area contributed by atoms with Gasteiger partial charge in [0.25, 0.3) is 0 Å². The van der Waals surface area contributed by atoms with Crippen LogP contribution in [0.15, 0.2) is 54.6 Å². The minimum absolute atomic E-state index is 0.108. The van der Waals surface area contributed by atoms with Crippen LogP contribution >= 0.6 is 0 Å². The van der Waals surface area contributed by atoms with E-state index in [4.69, 9.17) is 4.74 Å². The molecule has 1 heterocycles. The first-order valence-electron chi connectivity index (χ1n) is 11.8. The smallest absolute Gasteiger partial charge is 0.335 e. The number of hydrogen-bond acceptors (Lipinski definition) is 4. The first kappa shape index (κ1) is 25.0. The van der Waals surface area contributed by atoms with Crippen molar-refractivity contribution in [3.8, 4) is 0 Å². The fourth-order valence-corrected chi connectivity index (χ4v) is 4.74. The Morgan fingerprint density at radius 1 is 1.15 bits per heavy atom. The van der Waals surface area contributed by atoms with E-state index >= 15 is 0 Å². The summed E-state index contributed by atoms with van der Waals surface area (Å²) >= 11 is 0. The molecular formula is C28H37NO4. The van der Waals surface area contributed by atoms with Crippen LogP contribution in [-0.2, 0) is 21.4 Å². The van der Waals surface area contributed by atoms with Crippen molar-refractivity contribution in [1.82, 2.24) is 4.90 Å². The van der Waals surface area contributed by atoms with Gasteiger partial charge in [0.05, 0.1) is 11.5 Å². The predicted molar refractivity (Wildman–Crippen MR) is 130 cm³/mol. The zero-order valence-corrected chi connectivity index (χ0v) is 20.5. The highest BCUT2D eigenvalue weighted by molar-refractivity contribution is 5.87. The summed E-state index contributed by atoms with van der Waals surface area (Å²) in [6.07, 6.45) is 1.56. The molecule has 0 aromatic heterocycles. The third-order valence-electron chi connectivity index (χ3n) is 6.88. The number of esters is 1. The molecule has 3 atom stereocenters. The normalized spacial score (nSPS) is 22.5. The molecule has 0 radical (unpaired) electrons. The van der Waals surface area contributed by atoms with Crippen LogP contribution in [0, 0.1) is 11.8 Å². The molecule has 2 aromatic carbocycles. The third kappa shape index (κ3) is 6.44. The number of benzene rings is 2. The van der Waals surface area contributed by atoms with E-state index in [0.29, 0.717) is 24.4 Å². The molecule has 5 nitrogen and oxygen atoms in total. The Morgan fingerprint density at radius 2 is 1.85 bits per heavy atom. The average molecular weight is 452 g/mol. The standard InChI is InChI=1S/C28H37NO4/c1-20-18-29(15-14-28(20,5)24-13-9-12-22(17-24)25(30)31)19-23(26(32)33-27(2,3)4)16-21-10-7-6-8-11-21/h6-13,17,20,23H,14-16,18-19H2,1-5H3,(H,30,31)/t20-,23?,28+/m0/s1. The molecule has 1 saturated heterocycles. The van der Waals surface area contributed by atoms with Crippen molar-refractivity contribution in [1.29, 1.82) is 0 Å². The summed E-state index contributed by atoms with van der Waals surface area (Å²) in [4.78, 5) is 26.9. The number of nitrogens with zero attached hydrogens (tertiary/aromatic N) is 1. The number of hydrogen-bond donors (Lipinski definition) is 1. The zero-order valence-electron chi connectivity index (χ0n) is 20.5. The van der Waals surface area contributed by atoms with Gasteiger partial charge in [-0.2, -0.15) is 0 Å². The van der Waals surface area contributed by atoms with Gasteiger partial charge < -0.3 is 14.7 Å². The van der Waals surface area contributed by atoms with E-state index in [-0.39, 0.29) is 17.3 Å². The van der Waals surface area contributed by atoms with Crippen molar-refractivity contribution in [3.05, 3.63) is 71.3 Å². The molecular weight excluding hydrogens is 414 g/mol. The maximum atomic E-state index is 13.1. The van der Waals surface area contributed by atoms with E-state index in [1.165, 1.54) is 0 Å². The molecule has 2 aromatic rings. The van der Waals surface area contributed by atoms with Gasteiger partial charge in [0, 0.05) is 13.1 Å². The Kier molecular flexibility index (Phi) is 7.63. The third-order valence-corrected chi connectivity index (χ3v) is 6.88. The Labute approximate surface area is 197 Å². The van der Waals surface area contributed by atoms with Crippen LogP contribution in [-0.4, -0.2) is 47.2 Å². The lowest BCUT2D eigenvalue weighted by molar-refractivity contribution is -0.160. The Balaban J connectivity index is 1.74. The molecule has 0 bridgehead atoms. The molecule has 3 rings (SSSR count).